The highest BCUT2D eigenvalue weighted by molar-refractivity contribution is 5.76. The van der Waals surface area contributed by atoms with Crippen molar-refractivity contribution < 1.29 is 14.7 Å². The summed E-state index contributed by atoms with van der Waals surface area (Å²) in [5, 5.41) is 12.0. The van der Waals surface area contributed by atoms with Crippen LogP contribution in [0.5, 0.6) is 0 Å². The Morgan fingerprint density at radius 1 is 1.35 bits per heavy atom. The summed E-state index contributed by atoms with van der Waals surface area (Å²) >= 11 is 0. The van der Waals surface area contributed by atoms with Crippen LogP contribution in [0.4, 0.5) is 0 Å². The summed E-state index contributed by atoms with van der Waals surface area (Å²) in [4.78, 5) is 24.0. The number of β-amino-alcohol motifs (C(OH)–C–C–N with tert-alkyl or cyclic N) is 1. The molecule has 0 aromatic heterocycles. The van der Waals surface area contributed by atoms with Crippen molar-refractivity contribution in [1.29, 1.82) is 0 Å². The van der Waals surface area contributed by atoms with E-state index in [-0.39, 0.29) is 17.9 Å². The van der Waals surface area contributed by atoms with Gasteiger partial charge in [-0.3, -0.25) is 9.59 Å². The van der Waals surface area contributed by atoms with E-state index < -0.39 is 0 Å². The first-order valence-electron chi connectivity index (χ1n) is 6.30. The third-order valence-corrected chi connectivity index (χ3v) is 2.96. The molecule has 1 fully saturated rings. The van der Waals surface area contributed by atoms with Gasteiger partial charge in [0.1, 0.15) is 0 Å². The smallest absolute Gasteiger partial charge is 0.222 e. The molecule has 1 atom stereocenters. The fourth-order valence-electron chi connectivity index (χ4n) is 1.97. The zero-order chi connectivity index (χ0) is 12.7. The van der Waals surface area contributed by atoms with E-state index in [1.165, 1.54) is 6.92 Å². The Kier molecular flexibility index (Phi) is 5.97. The number of aliphatic hydroxyl groups is 1. The summed E-state index contributed by atoms with van der Waals surface area (Å²) in [7, 11) is 0. The number of amides is 2. The molecule has 1 saturated heterocycles. The molecule has 0 spiro atoms. The number of nitrogens with zero attached hydrogens (tertiary/aromatic N) is 1. The molecule has 17 heavy (non-hydrogen) atoms. The van der Waals surface area contributed by atoms with Crippen molar-refractivity contribution in [3.63, 3.8) is 0 Å². The first-order valence-corrected chi connectivity index (χ1v) is 6.30. The van der Waals surface area contributed by atoms with E-state index in [4.69, 9.17) is 0 Å². The second-order valence-electron chi connectivity index (χ2n) is 4.58. The van der Waals surface area contributed by atoms with Crippen LogP contribution in [0.1, 0.15) is 39.0 Å². The lowest BCUT2D eigenvalue weighted by atomic mass is 10.2. The van der Waals surface area contributed by atoms with Crippen molar-refractivity contribution in [2.24, 2.45) is 0 Å². The molecule has 98 valence electrons. The Morgan fingerprint density at radius 2 is 2.12 bits per heavy atom. The number of hydrogen-bond donors (Lipinski definition) is 2. The van der Waals surface area contributed by atoms with Crippen molar-refractivity contribution in [3.8, 4) is 0 Å². The Balaban J connectivity index is 1.99. The molecule has 0 radical (unpaired) electrons. The van der Waals surface area contributed by atoms with Crippen LogP contribution < -0.4 is 5.32 Å². The quantitative estimate of drug-likeness (QED) is 0.657. The largest absolute Gasteiger partial charge is 0.391 e. The number of carbonyl (C=O) groups excluding carboxylic acids is 2. The van der Waals surface area contributed by atoms with Crippen molar-refractivity contribution in [1.82, 2.24) is 10.2 Å². The highest BCUT2D eigenvalue weighted by atomic mass is 16.3. The molecule has 0 aromatic rings. The minimum absolute atomic E-state index is 0.00729. The summed E-state index contributed by atoms with van der Waals surface area (Å²) in [6.07, 6.45) is 3.63. The maximum Gasteiger partial charge on any atom is 0.222 e. The van der Waals surface area contributed by atoms with Crippen molar-refractivity contribution in [3.05, 3.63) is 0 Å². The van der Waals surface area contributed by atoms with Gasteiger partial charge in [-0.15, -0.1) is 0 Å². The van der Waals surface area contributed by atoms with Crippen molar-refractivity contribution in [2.45, 2.75) is 45.1 Å². The number of unbranched alkanes of at least 4 members (excludes halogenated alkanes) is 2. The molecule has 2 amide bonds. The van der Waals surface area contributed by atoms with Crippen LogP contribution in [-0.2, 0) is 9.59 Å². The lowest BCUT2D eigenvalue weighted by molar-refractivity contribution is -0.130. The van der Waals surface area contributed by atoms with Crippen LogP contribution in [0.2, 0.25) is 0 Å². The molecule has 5 nitrogen and oxygen atoms in total. The fraction of sp³-hybridized carbons (Fsp3) is 0.833. The standard InChI is InChI=1S/C12H22N2O3/c1-10(15)13-7-4-2-3-5-12(17)14-8-6-11(16)9-14/h11,16H,2-9H2,1H3,(H,13,15). The van der Waals surface area contributed by atoms with E-state index in [0.29, 0.717) is 32.5 Å². The number of aliphatic hydroxyl groups excluding tert-OH is 1. The normalized spacial score (nSPS) is 19.4. The van der Waals surface area contributed by atoms with Gasteiger partial charge in [-0.2, -0.15) is 0 Å². The zero-order valence-corrected chi connectivity index (χ0v) is 10.4. The van der Waals surface area contributed by atoms with Gasteiger partial charge < -0.3 is 15.3 Å². The average Bonchev–Trinajstić information content (AvgIpc) is 2.69. The topological polar surface area (TPSA) is 69.6 Å². The molecular formula is C12H22N2O3. The zero-order valence-electron chi connectivity index (χ0n) is 10.4. The van der Waals surface area contributed by atoms with E-state index in [9.17, 15) is 14.7 Å². The van der Waals surface area contributed by atoms with E-state index in [1.807, 2.05) is 0 Å². The molecule has 5 heteroatoms. The number of hydrogen-bond acceptors (Lipinski definition) is 3. The van der Waals surface area contributed by atoms with Gasteiger partial charge in [-0.25, -0.2) is 0 Å². The summed E-state index contributed by atoms with van der Waals surface area (Å²) in [6.45, 7) is 3.37. The van der Waals surface area contributed by atoms with Gasteiger partial charge in [0.25, 0.3) is 0 Å². The summed E-state index contributed by atoms with van der Waals surface area (Å²) < 4.78 is 0. The lowest BCUT2D eigenvalue weighted by Gasteiger charge is -2.15. The monoisotopic (exact) mass is 242 g/mol. The van der Waals surface area contributed by atoms with E-state index in [2.05, 4.69) is 5.32 Å². The lowest BCUT2D eigenvalue weighted by Crippen LogP contribution is -2.29. The Bertz CT molecular complexity index is 268. The van der Waals surface area contributed by atoms with E-state index in [1.54, 1.807) is 4.90 Å². The van der Waals surface area contributed by atoms with Crippen LogP contribution >= 0.6 is 0 Å². The van der Waals surface area contributed by atoms with Gasteiger partial charge in [0.15, 0.2) is 0 Å². The highest BCUT2D eigenvalue weighted by Gasteiger charge is 2.23. The van der Waals surface area contributed by atoms with Crippen molar-refractivity contribution >= 4 is 11.8 Å². The molecule has 0 aliphatic carbocycles. The van der Waals surface area contributed by atoms with Gasteiger partial charge in [-0.05, 0) is 19.3 Å². The van der Waals surface area contributed by atoms with Crippen LogP contribution in [-0.4, -0.2) is 47.6 Å². The predicted molar refractivity (Wildman–Crippen MR) is 64.4 cm³/mol. The van der Waals surface area contributed by atoms with Gasteiger partial charge >= 0.3 is 0 Å². The van der Waals surface area contributed by atoms with Crippen LogP contribution in [0, 0.1) is 0 Å². The van der Waals surface area contributed by atoms with Gasteiger partial charge in [0, 0.05) is 33.0 Å². The maximum atomic E-state index is 11.7. The predicted octanol–water partition coefficient (Wildman–Crippen LogP) is 0.276. The van der Waals surface area contributed by atoms with Gasteiger partial charge in [-0.1, -0.05) is 6.42 Å². The average molecular weight is 242 g/mol. The highest BCUT2D eigenvalue weighted by Crippen LogP contribution is 2.11. The Morgan fingerprint density at radius 3 is 2.71 bits per heavy atom. The molecule has 1 heterocycles. The molecular weight excluding hydrogens is 220 g/mol. The summed E-state index contributed by atoms with van der Waals surface area (Å²) in [5.74, 6) is 0.133. The van der Waals surface area contributed by atoms with Crippen molar-refractivity contribution in [2.75, 3.05) is 19.6 Å². The van der Waals surface area contributed by atoms with Crippen LogP contribution in [0.3, 0.4) is 0 Å². The second-order valence-corrected chi connectivity index (χ2v) is 4.58. The fourth-order valence-corrected chi connectivity index (χ4v) is 1.97. The van der Waals surface area contributed by atoms with Crippen LogP contribution in [0.15, 0.2) is 0 Å². The van der Waals surface area contributed by atoms with E-state index >= 15 is 0 Å². The number of likely N-dealkylation sites (tertiary alicyclic amines) is 1. The summed E-state index contributed by atoms with van der Waals surface area (Å²) in [5.41, 5.74) is 0. The number of rotatable bonds is 6. The first kappa shape index (κ1) is 14.0. The van der Waals surface area contributed by atoms with Gasteiger partial charge in [0.2, 0.25) is 11.8 Å². The van der Waals surface area contributed by atoms with E-state index in [0.717, 1.165) is 19.3 Å². The molecule has 1 rings (SSSR count). The first-order chi connectivity index (χ1) is 8.09. The maximum absolute atomic E-state index is 11.7. The molecule has 0 aromatic carbocycles. The SMILES string of the molecule is CC(=O)NCCCCCC(=O)N1CCC(O)C1. The second kappa shape index (κ2) is 7.27. The number of nitrogens with one attached hydrogen (secondary N) is 1. The third kappa shape index (κ3) is 5.68. The minimum atomic E-state index is -0.335. The third-order valence-electron chi connectivity index (χ3n) is 2.96. The number of carbonyl (C=O) groups is 2. The minimum Gasteiger partial charge on any atom is -0.391 e. The molecule has 2 N–H and O–H groups in total. The van der Waals surface area contributed by atoms with Crippen LogP contribution in [0.25, 0.3) is 0 Å². The molecule has 1 aliphatic rings. The Labute approximate surface area is 102 Å². The van der Waals surface area contributed by atoms with Gasteiger partial charge in [0.05, 0.1) is 6.10 Å². The summed E-state index contributed by atoms with van der Waals surface area (Å²) in [6, 6.07) is 0. The Hall–Kier alpha value is -1.10. The molecule has 0 saturated carbocycles. The molecule has 1 unspecified atom stereocenters. The molecule has 1 aliphatic heterocycles. The molecule has 0 bridgehead atoms.